The van der Waals surface area contributed by atoms with Crippen molar-refractivity contribution in [1.82, 2.24) is 0 Å². The number of rotatable bonds is 12. The minimum atomic E-state index is -3.19. The fraction of sp³-hybridized carbons (Fsp3) is 0.405. The summed E-state index contributed by atoms with van der Waals surface area (Å²) in [5.74, 6) is -2.35. The fourth-order valence-electron chi connectivity index (χ4n) is 8.18. The Morgan fingerprint density at radius 1 is 0.725 bits per heavy atom. The molecule has 4 aromatic rings. The lowest BCUT2D eigenvalue weighted by Crippen LogP contribution is -2.71. The molecule has 0 aromatic heterocycles. The molecule has 0 unspecified atom stereocenters. The average molecular weight is 725 g/mol. The molecule has 6 rings (SSSR count). The monoisotopic (exact) mass is 724 g/mol. The molecule has 0 spiro atoms. The number of ether oxygens (including phenoxy) is 3. The minimum absolute atomic E-state index is 0.00546. The van der Waals surface area contributed by atoms with Gasteiger partial charge in [0.25, 0.3) is 22.4 Å². The van der Waals surface area contributed by atoms with E-state index in [-0.39, 0.29) is 29.7 Å². The number of carbonyl (C=O) groups is 1. The molecule has 0 saturated carbocycles. The summed E-state index contributed by atoms with van der Waals surface area (Å²) in [6.45, 7) is 15.5. The lowest BCUT2D eigenvalue weighted by molar-refractivity contribution is -0.213. The molecule has 2 aliphatic rings. The van der Waals surface area contributed by atoms with Crippen molar-refractivity contribution in [2.24, 2.45) is 0 Å². The second-order valence-electron chi connectivity index (χ2n) is 15.7. The molecule has 2 bridgehead atoms. The van der Waals surface area contributed by atoms with Crippen LogP contribution >= 0.6 is 0 Å². The van der Waals surface area contributed by atoms with Crippen molar-refractivity contribution in [3.8, 4) is 0 Å². The number of aliphatic hydroxyl groups is 1. The van der Waals surface area contributed by atoms with Crippen LogP contribution in [-0.2, 0) is 27.9 Å². The Kier molecular flexibility index (Phi) is 10.6. The molecule has 5 atom stereocenters. The van der Waals surface area contributed by atoms with Gasteiger partial charge >= 0.3 is 5.97 Å². The first kappa shape index (κ1) is 37.3. The van der Waals surface area contributed by atoms with Crippen molar-refractivity contribution in [2.75, 3.05) is 13.2 Å². The van der Waals surface area contributed by atoms with Crippen LogP contribution in [-0.4, -0.2) is 71.1 Å². The predicted octanol–water partition coefficient (Wildman–Crippen LogP) is 5.32. The van der Waals surface area contributed by atoms with Gasteiger partial charge in [0.05, 0.1) is 25.4 Å². The van der Waals surface area contributed by atoms with E-state index in [1.54, 1.807) is 6.92 Å². The van der Waals surface area contributed by atoms with Crippen molar-refractivity contribution in [1.29, 1.82) is 0 Å². The number of aliphatic hydroxyl groups excluding tert-OH is 1. The normalized spacial score (nSPS) is 22.9. The minimum Gasteiger partial charge on any atom is -0.462 e. The van der Waals surface area contributed by atoms with E-state index in [9.17, 15) is 9.90 Å². The van der Waals surface area contributed by atoms with Gasteiger partial charge in [-0.15, -0.1) is 0 Å². The molecule has 2 aliphatic heterocycles. The predicted molar refractivity (Wildman–Crippen MR) is 206 cm³/mol. The number of fused-ring (bicyclic) bond motifs is 2. The van der Waals surface area contributed by atoms with Crippen LogP contribution in [0.25, 0.3) is 0 Å². The van der Waals surface area contributed by atoms with E-state index in [0.29, 0.717) is 0 Å². The molecule has 2 heterocycles. The lowest BCUT2D eigenvalue weighted by Gasteiger charge is -2.48. The van der Waals surface area contributed by atoms with Crippen LogP contribution in [0.15, 0.2) is 121 Å². The van der Waals surface area contributed by atoms with Gasteiger partial charge in [0, 0.05) is 6.42 Å². The van der Waals surface area contributed by atoms with Crippen LogP contribution in [0.1, 0.15) is 54.9 Å². The van der Waals surface area contributed by atoms with E-state index in [1.807, 2.05) is 24.3 Å². The summed E-state index contributed by atoms with van der Waals surface area (Å²) in [5, 5.41) is 15.3. The van der Waals surface area contributed by atoms with Gasteiger partial charge in [-0.25, -0.2) is 4.79 Å². The van der Waals surface area contributed by atoms with Gasteiger partial charge in [-0.1, -0.05) is 163 Å². The number of hydrogen-bond donors (Lipinski definition) is 1. The number of carbonyl (C=O) groups excluding carboxylic acids is 1. The summed E-state index contributed by atoms with van der Waals surface area (Å²) in [6.07, 6.45) is -3.34. The highest BCUT2D eigenvalue weighted by atomic mass is 28.4. The maximum Gasteiger partial charge on any atom is 0.366 e. The Bertz CT molecular complexity index is 1660. The molecule has 9 heteroatoms. The van der Waals surface area contributed by atoms with Crippen LogP contribution in [0.2, 0.25) is 10.1 Å². The molecule has 4 aromatic carbocycles. The SMILES string of the molecule is CCOC(=O)[C@]12C[C@@H](O)[C@@H](O1)[C@@H]([C@@H](CO[Si](c1ccccc1)(c1ccccc1)C(C)(C)C)O[Si](c1ccccc1)(c1ccccc1)C(C)(C)C)O2. The molecule has 0 aliphatic carbocycles. The van der Waals surface area contributed by atoms with Gasteiger partial charge in [-0.3, -0.25) is 0 Å². The first-order chi connectivity index (χ1) is 24.3. The highest BCUT2D eigenvalue weighted by Crippen LogP contribution is 2.47. The topological polar surface area (TPSA) is 83.5 Å². The highest BCUT2D eigenvalue weighted by molar-refractivity contribution is 7.00. The van der Waals surface area contributed by atoms with Crippen molar-refractivity contribution < 1.29 is 33.0 Å². The van der Waals surface area contributed by atoms with Crippen molar-refractivity contribution in [2.45, 2.75) is 95.2 Å². The molecule has 270 valence electrons. The van der Waals surface area contributed by atoms with E-state index in [1.165, 1.54) is 0 Å². The maximum atomic E-state index is 13.4. The summed E-state index contributed by atoms with van der Waals surface area (Å²) in [7, 11) is -6.24. The van der Waals surface area contributed by atoms with E-state index < -0.39 is 52.8 Å². The van der Waals surface area contributed by atoms with Gasteiger partial charge in [0.1, 0.15) is 12.2 Å². The van der Waals surface area contributed by atoms with Crippen LogP contribution in [0.3, 0.4) is 0 Å². The molecule has 2 saturated heterocycles. The van der Waals surface area contributed by atoms with Gasteiger partial charge in [0.2, 0.25) is 0 Å². The second-order valence-corrected chi connectivity index (χ2v) is 24.3. The summed E-state index contributed by atoms with van der Waals surface area (Å²) >= 11 is 0. The number of hydrogen-bond acceptors (Lipinski definition) is 7. The Morgan fingerprint density at radius 3 is 1.53 bits per heavy atom. The van der Waals surface area contributed by atoms with E-state index >= 15 is 0 Å². The molecule has 0 amide bonds. The zero-order valence-electron chi connectivity index (χ0n) is 30.9. The smallest absolute Gasteiger partial charge is 0.366 e. The fourth-order valence-corrected chi connectivity index (χ4v) is 17.4. The van der Waals surface area contributed by atoms with Crippen LogP contribution in [0.5, 0.6) is 0 Å². The van der Waals surface area contributed by atoms with Crippen LogP contribution in [0, 0.1) is 0 Å². The standard InChI is InChI=1S/C42H52O7Si2/c1-8-45-39(44)42-29-35(43)37(47-42)38(48-42)36(49-51(41(5,6)7,33-25-17-11-18-26-33)34-27-19-12-20-28-34)30-46-50(40(2,3)4,31-21-13-9-14-22-31)32-23-15-10-16-24-32/h9-28,35-38,43H,8,29-30H2,1-7H3/t35-,36-,37-,38-,42-/m1/s1. The molecule has 2 fully saturated rings. The summed E-state index contributed by atoms with van der Waals surface area (Å²) in [5.41, 5.74) is 0. The number of benzene rings is 4. The Balaban J connectivity index is 1.53. The summed E-state index contributed by atoms with van der Waals surface area (Å²) in [6, 6.07) is 41.9. The van der Waals surface area contributed by atoms with E-state index in [2.05, 4.69) is 139 Å². The lowest BCUT2D eigenvalue weighted by atomic mass is 9.98. The maximum absolute atomic E-state index is 13.4. The Morgan fingerprint density at radius 2 is 1.14 bits per heavy atom. The Hall–Kier alpha value is -3.42. The third kappa shape index (κ3) is 6.70. The first-order valence-corrected chi connectivity index (χ1v) is 21.9. The van der Waals surface area contributed by atoms with Crippen LogP contribution in [0.4, 0.5) is 0 Å². The van der Waals surface area contributed by atoms with E-state index in [0.717, 1.165) is 20.7 Å². The van der Waals surface area contributed by atoms with Crippen molar-refractivity contribution in [3.05, 3.63) is 121 Å². The highest BCUT2D eigenvalue weighted by Gasteiger charge is 2.66. The van der Waals surface area contributed by atoms with Gasteiger partial charge < -0.3 is 28.2 Å². The van der Waals surface area contributed by atoms with E-state index in [4.69, 9.17) is 23.1 Å². The first-order valence-electron chi connectivity index (χ1n) is 18.0. The molecular formula is C42H52O7Si2. The van der Waals surface area contributed by atoms with Gasteiger partial charge in [0.15, 0.2) is 0 Å². The van der Waals surface area contributed by atoms with Crippen molar-refractivity contribution in [3.63, 3.8) is 0 Å². The zero-order valence-corrected chi connectivity index (χ0v) is 32.9. The molecule has 51 heavy (non-hydrogen) atoms. The quantitative estimate of drug-likeness (QED) is 0.157. The molecule has 7 nitrogen and oxygen atoms in total. The summed E-state index contributed by atoms with van der Waals surface area (Å²) < 4.78 is 33.8. The largest absolute Gasteiger partial charge is 0.462 e. The van der Waals surface area contributed by atoms with Crippen molar-refractivity contribution >= 4 is 43.4 Å². The second kappa shape index (κ2) is 14.5. The third-order valence-electron chi connectivity index (χ3n) is 10.4. The average Bonchev–Trinajstić information content (AvgIpc) is 3.67. The molecular weight excluding hydrogens is 673 g/mol. The Labute approximate surface area is 305 Å². The third-order valence-corrected chi connectivity index (χ3v) is 20.5. The molecule has 0 radical (unpaired) electrons. The van der Waals surface area contributed by atoms with Crippen LogP contribution < -0.4 is 20.7 Å². The summed E-state index contributed by atoms with van der Waals surface area (Å²) in [4.78, 5) is 13.4. The zero-order chi connectivity index (χ0) is 36.5. The molecule has 1 N–H and O–H groups in total. The number of esters is 1. The van der Waals surface area contributed by atoms with Gasteiger partial charge in [-0.2, -0.15) is 0 Å². The van der Waals surface area contributed by atoms with Gasteiger partial charge in [-0.05, 0) is 37.7 Å².